The molecule has 1 saturated heterocycles. The van der Waals surface area contributed by atoms with E-state index in [1.54, 1.807) is 0 Å². The summed E-state index contributed by atoms with van der Waals surface area (Å²) in [6.07, 6.45) is 4.25. The van der Waals surface area contributed by atoms with Crippen LogP contribution >= 0.6 is 22.9 Å². The SMILES string of the molecule is O=C(Cc1csc(-c2ccccc2Cl)n1)N1CCCC(c2nnc3ccccn23)C1. The predicted octanol–water partition coefficient (Wildman–Crippen LogP) is 4.45. The summed E-state index contributed by atoms with van der Waals surface area (Å²) < 4.78 is 2.02. The van der Waals surface area contributed by atoms with E-state index in [9.17, 15) is 4.79 Å². The zero-order chi connectivity index (χ0) is 20.5. The third-order valence-corrected chi connectivity index (χ3v) is 6.72. The van der Waals surface area contributed by atoms with Crippen molar-refractivity contribution >= 4 is 34.5 Å². The second-order valence-electron chi connectivity index (χ2n) is 7.47. The lowest BCUT2D eigenvalue weighted by Crippen LogP contribution is -2.40. The van der Waals surface area contributed by atoms with Crippen LogP contribution in [0, 0.1) is 0 Å². The van der Waals surface area contributed by atoms with Gasteiger partial charge in [0.05, 0.1) is 17.1 Å². The minimum Gasteiger partial charge on any atom is -0.342 e. The molecule has 8 heteroatoms. The average molecular weight is 438 g/mol. The van der Waals surface area contributed by atoms with Gasteiger partial charge in [-0.05, 0) is 31.0 Å². The van der Waals surface area contributed by atoms with E-state index < -0.39 is 0 Å². The Morgan fingerprint density at radius 1 is 1.17 bits per heavy atom. The van der Waals surface area contributed by atoms with Crippen LogP contribution in [0.4, 0.5) is 0 Å². The van der Waals surface area contributed by atoms with Gasteiger partial charge in [-0.2, -0.15) is 0 Å². The largest absolute Gasteiger partial charge is 0.342 e. The molecule has 3 aromatic heterocycles. The highest BCUT2D eigenvalue weighted by Gasteiger charge is 2.28. The lowest BCUT2D eigenvalue weighted by Gasteiger charge is -2.32. The van der Waals surface area contributed by atoms with Gasteiger partial charge < -0.3 is 4.90 Å². The number of rotatable bonds is 4. The first-order valence-electron chi connectivity index (χ1n) is 9.96. The summed E-state index contributed by atoms with van der Waals surface area (Å²) >= 11 is 7.80. The molecule has 1 aromatic carbocycles. The van der Waals surface area contributed by atoms with Crippen molar-refractivity contribution in [2.75, 3.05) is 13.1 Å². The van der Waals surface area contributed by atoms with E-state index in [0.717, 1.165) is 47.1 Å². The first-order valence-corrected chi connectivity index (χ1v) is 11.2. The topological polar surface area (TPSA) is 63.4 Å². The Labute approximate surface area is 183 Å². The lowest BCUT2D eigenvalue weighted by atomic mass is 9.97. The summed E-state index contributed by atoms with van der Waals surface area (Å²) in [6, 6.07) is 13.5. The minimum absolute atomic E-state index is 0.101. The molecule has 0 N–H and O–H groups in total. The number of pyridine rings is 1. The normalized spacial score (nSPS) is 16.8. The summed E-state index contributed by atoms with van der Waals surface area (Å²) in [7, 11) is 0. The zero-order valence-corrected chi connectivity index (χ0v) is 17.8. The molecule has 1 amide bonds. The van der Waals surface area contributed by atoms with E-state index in [2.05, 4.69) is 15.2 Å². The third kappa shape index (κ3) is 3.70. The molecule has 6 nitrogen and oxygen atoms in total. The maximum atomic E-state index is 13.0. The van der Waals surface area contributed by atoms with Gasteiger partial charge in [0.1, 0.15) is 10.8 Å². The molecule has 0 aliphatic carbocycles. The Bertz CT molecular complexity index is 1200. The van der Waals surface area contributed by atoms with Crippen LogP contribution in [0.1, 0.15) is 30.3 Å². The number of carbonyl (C=O) groups excluding carboxylic acids is 1. The molecule has 1 fully saturated rings. The summed E-state index contributed by atoms with van der Waals surface area (Å²) in [5.41, 5.74) is 2.53. The highest BCUT2D eigenvalue weighted by Crippen LogP contribution is 2.31. The summed E-state index contributed by atoms with van der Waals surface area (Å²) in [5.74, 6) is 1.22. The molecule has 1 atom stereocenters. The maximum absolute atomic E-state index is 13.0. The van der Waals surface area contributed by atoms with Crippen molar-refractivity contribution < 1.29 is 4.79 Å². The van der Waals surface area contributed by atoms with Gasteiger partial charge in [-0.3, -0.25) is 9.20 Å². The highest BCUT2D eigenvalue weighted by molar-refractivity contribution is 7.13. The number of aromatic nitrogens is 4. The van der Waals surface area contributed by atoms with Crippen molar-refractivity contribution in [2.45, 2.75) is 25.2 Å². The number of halogens is 1. The quantitative estimate of drug-likeness (QED) is 0.473. The van der Waals surface area contributed by atoms with Crippen LogP contribution in [-0.4, -0.2) is 43.5 Å². The van der Waals surface area contributed by atoms with Crippen LogP contribution in [0.25, 0.3) is 16.2 Å². The Morgan fingerprint density at radius 2 is 2.03 bits per heavy atom. The molecule has 4 aromatic rings. The van der Waals surface area contributed by atoms with E-state index >= 15 is 0 Å². The molecule has 0 spiro atoms. The van der Waals surface area contributed by atoms with Crippen LogP contribution in [0.5, 0.6) is 0 Å². The van der Waals surface area contributed by atoms with Crippen molar-refractivity contribution in [1.82, 2.24) is 24.5 Å². The smallest absolute Gasteiger partial charge is 0.228 e. The number of likely N-dealkylation sites (tertiary alicyclic amines) is 1. The highest BCUT2D eigenvalue weighted by atomic mass is 35.5. The van der Waals surface area contributed by atoms with Gasteiger partial charge in [0.25, 0.3) is 0 Å². The first kappa shape index (κ1) is 19.2. The number of thiazole rings is 1. The number of fused-ring (bicyclic) bond motifs is 1. The molecule has 0 saturated carbocycles. The molecular formula is C22H20ClN5OS. The number of hydrogen-bond acceptors (Lipinski definition) is 5. The molecule has 1 unspecified atom stereocenters. The van der Waals surface area contributed by atoms with Gasteiger partial charge in [0, 0.05) is 36.1 Å². The van der Waals surface area contributed by atoms with Crippen molar-refractivity contribution in [2.24, 2.45) is 0 Å². The number of amides is 1. The predicted molar refractivity (Wildman–Crippen MR) is 118 cm³/mol. The van der Waals surface area contributed by atoms with Crippen molar-refractivity contribution in [3.63, 3.8) is 0 Å². The van der Waals surface area contributed by atoms with E-state index in [0.29, 0.717) is 18.0 Å². The van der Waals surface area contributed by atoms with Crippen LogP contribution in [-0.2, 0) is 11.2 Å². The summed E-state index contributed by atoms with van der Waals surface area (Å²) in [4.78, 5) is 19.6. The third-order valence-electron chi connectivity index (χ3n) is 5.47. The fourth-order valence-corrected chi connectivity index (χ4v) is 5.11. The molecule has 0 bridgehead atoms. The monoisotopic (exact) mass is 437 g/mol. The second-order valence-corrected chi connectivity index (χ2v) is 8.73. The molecule has 1 aliphatic rings. The lowest BCUT2D eigenvalue weighted by molar-refractivity contribution is -0.131. The van der Waals surface area contributed by atoms with Gasteiger partial charge in [-0.1, -0.05) is 35.9 Å². The van der Waals surface area contributed by atoms with Gasteiger partial charge in [-0.25, -0.2) is 4.98 Å². The van der Waals surface area contributed by atoms with Gasteiger partial charge in [-0.15, -0.1) is 21.5 Å². The van der Waals surface area contributed by atoms with Gasteiger partial charge >= 0.3 is 0 Å². The van der Waals surface area contributed by atoms with Crippen molar-refractivity contribution in [1.29, 1.82) is 0 Å². The van der Waals surface area contributed by atoms with E-state index in [1.807, 2.05) is 63.3 Å². The van der Waals surface area contributed by atoms with Crippen LogP contribution in [0.3, 0.4) is 0 Å². The molecule has 30 heavy (non-hydrogen) atoms. The summed E-state index contributed by atoms with van der Waals surface area (Å²) in [5, 5.41) is 12.1. The molecule has 4 heterocycles. The number of carbonyl (C=O) groups is 1. The molecule has 1 aliphatic heterocycles. The van der Waals surface area contributed by atoms with E-state index in [1.165, 1.54) is 11.3 Å². The molecule has 5 rings (SSSR count). The molecule has 152 valence electrons. The molecule has 0 radical (unpaired) electrons. The van der Waals surface area contributed by atoms with E-state index in [-0.39, 0.29) is 11.8 Å². The van der Waals surface area contributed by atoms with Crippen LogP contribution in [0.2, 0.25) is 5.02 Å². The number of benzene rings is 1. The fraction of sp³-hybridized carbons (Fsp3) is 0.273. The van der Waals surface area contributed by atoms with E-state index in [4.69, 9.17) is 11.6 Å². The Morgan fingerprint density at radius 3 is 2.93 bits per heavy atom. The average Bonchev–Trinajstić information content (AvgIpc) is 3.41. The van der Waals surface area contributed by atoms with Crippen LogP contribution in [0.15, 0.2) is 54.0 Å². The first-order chi connectivity index (χ1) is 14.7. The summed E-state index contributed by atoms with van der Waals surface area (Å²) in [6.45, 7) is 1.43. The number of piperidine rings is 1. The Kier molecular flexibility index (Phi) is 5.23. The molecular weight excluding hydrogens is 418 g/mol. The fourth-order valence-electron chi connectivity index (χ4n) is 3.97. The Hall–Kier alpha value is -2.77. The number of hydrogen-bond donors (Lipinski definition) is 0. The maximum Gasteiger partial charge on any atom is 0.228 e. The second kappa shape index (κ2) is 8.16. The minimum atomic E-state index is 0.101. The zero-order valence-electron chi connectivity index (χ0n) is 16.2. The van der Waals surface area contributed by atoms with Gasteiger partial charge in [0.2, 0.25) is 5.91 Å². The van der Waals surface area contributed by atoms with Crippen molar-refractivity contribution in [3.05, 3.63) is 70.6 Å². The van der Waals surface area contributed by atoms with Crippen LogP contribution < -0.4 is 0 Å². The van der Waals surface area contributed by atoms with Gasteiger partial charge in [0.15, 0.2) is 5.65 Å². The Balaban J connectivity index is 1.29. The van der Waals surface area contributed by atoms with Crippen molar-refractivity contribution in [3.8, 4) is 10.6 Å². The standard InChI is InChI=1S/C22H20ClN5OS/c23-18-8-2-1-7-17(18)22-24-16(14-30-22)12-20(29)27-10-5-6-15(13-27)21-26-25-19-9-3-4-11-28(19)21/h1-4,7-9,11,14-15H,5-6,10,12-13H2. The number of nitrogens with zero attached hydrogens (tertiary/aromatic N) is 5.